The lowest BCUT2D eigenvalue weighted by atomic mass is 9.68. The van der Waals surface area contributed by atoms with Gasteiger partial charge in [0.05, 0.1) is 21.9 Å². The molecule has 0 fully saturated rings. The zero-order valence-corrected chi connectivity index (χ0v) is 51.8. The van der Waals surface area contributed by atoms with Crippen LogP contribution in [0.4, 0.5) is 0 Å². The Kier molecular flexibility index (Phi) is 17.3. The van der Waals surface area contributed by atoms with Crippen LogP contribution in [0.5, 0.6) is 0 Å². The molecular weight excluding hydrogens is 1120 g/mol. The first-order valence-electron chi connectivity index (χ1n) is 32.1. The Morgan fingerprint density at radius 3 is 0.710 bits per heavy atom. The highest BCUT2D eigenvalue weighted by molar-refractivity contribution is 6.09. The van der Waals surface area contributed by atoms with Gasteiger partial charge in [-0.3, -0.25) is 0 Å². The van der Waals surface area contributed by atoms with Crippen LogP contribution in [-0.2, 0) is 10.8 Å². The maximum Gasteiger partial charge on any atom is 0.0713 e. The molecule has 0 saturated heterocycles. The minimum absolute atomic E-state index is 0.254. The molecule has 0 bridgehead atoms. The molecule has 0 radical (unpaired) electrons. The summed E-state index contributed by atoms with van der Waals surface area (Å²) in [6.07, 6.45) is 0. The molecule has 1 aromatic heterocycles. The van der Waals surface area contributed by atoms with E-state index in [9.17, 15) is 0 Å². The Bertz CT molecular complexity index is 4560. The second-order valence-corrected chi connectivity index (χ2v) is 23.3. The van der Waals surface area contributed by atoms with Crippen molar-refractivity contribution in [2.45, 2.75) is 10.8 Å². The minimum atomic E-state index is -0.254. The van der Waals surface area contributed by atoms with Crippen LogP contribution in [0.2, 0.25) is 0 Å². The summed E-state index contributed by atoms with van der Waals surface area (Å²) in [6.45, 7) is 0. The highest BCUT2D eigenvalue weighted by Gasteiger charge is 2.47. The lowest BCUT2D eigenvalue weighted by molar-refractivity contribution is 0.768. The van der Waals surface area contributed by atoms with E-state index in [0.717, 1.165) is 0 Å². The number of aromatic nitrogens is 1. The van der Waals surface area contributed by atoms with Crippen molar-refractivity contribution in [3.63, 3.8) is 0 Å². The molecule has 1 heteroatoms. The van der Waals surface area contributed by atoms with E-state index in [-0.39, 0.29) is 10.8 Å². The first-order valence-corrected chi connectivity index (χ1v) is 32.1. The van der Waals surface area contributed by atoms with Crippen LogP contribution >= 0.6 is 0 Å². The summed E-state index contributed by atoms with van der Waals surface area (Å²) in [5, 5.41) is 2.61. The first-order chi connectivity index (χ1) is 46.2. The van der Waals surface area contributed by atoms with Gasteiger partial charge in [0.2, 0.25) is 0 Å². The summed E-state index contributed by atoms with van der Waals surface area (Å²) < 4.78 is 2.32. The topological polar surface area (TPSA) is 4.93 Å². The molecule has 0 atom stereocenters. The molecule has 0 spiro atoms. The van der Waals surface area contributed by atoms with Crippen molar-refractivity contribution in [3.8, 4) is 50.2 Å². The van der Waals surface area contributed by atoms with Crippen molar-refractivity contribution in [1.82, 2.24) is 4.57 Å². The van der Waals surface area contributed by atoms with Crippen molar-refractivity contribution in [2.75, 3.05) is 0 Å². The van der Waals surface area contributed by atoms with Crippen molar-refractivity contribution in [2.24, 2.45) is 0 Å². The molecule has 16 aromatic rings. The summed E-state index contributed by atoms with van der Waals surface area (Å²) in [5.74, 6) is 0. The Morgan fingerprint density at radius 1 is 0.172 bits per heavy atom. The molecular formula is C92H69N. The van der Waals surface area contributed by atoms with Crippen LogP contribution in [0.15, 0.2) is 419 Å². The molecule has 18 rings (SSSR count). The Labute approximate surface area is 547 Å². The standard InChI is InChI=1S/2C25H18.C18H13N.C18H14.C6H6/c2*1-3-11-19(12-4-1)25(20-13-5-2-6-14-20)23-17-9-7-15-21(23)22-16-8-10-18-24(22)25;1-2-8-14(9-3-1)19-17-12-6-4-10-15(17)16-11-5-7-13-18(16)19;1-3-8-15(9-4-1)17-12-7-13-18(14-17)16-10-5-2-6-11-16;1-2-4-6-5-3-1/h2*1-18H;1-13H;1-14H;1-6H. The van der Waals surface area contributed by atoms with E-state index in [1.54, 1.807) is 0 Å². The minimum Gasteiger partial charge on any atom is -0.309 e. The highest BCUT2D eigenvalue weighted by atomic mass is 15.0. The third-order valence-electron chi connectivity index (χ3n) is 18.1. The van der Waals surface area contributed by atoms with Gasteiger partial charge in [-0.1, -0.05) is 388 Å². The van der Waals surface area contributed by atoms with Gasteiger partial charge in [-0.2, -0.15) is 0 Å². The summed E-state index contributed by atoms with van der Waals surface area (Å²) in [5.41, 5.74) is 24.4. The molecule has 15 aromatic carbocycles. The van der Waals surface area contributed by atoms with Gasteiger partial charge < -0.3 is 4.57 Å². The summed E-state index contributed by atoms with van der Waals surface area (Å²) in [7, 11) is 0. The summed E-state index contributed by atoms with van der Waals surface area (Å²) in [6, 6.07) is 148. The number of hydrogen-bond acceptors (Lipinski definition) is 0. The highest BCUT2D eigenvalue weighted by Crippen LogP contribution is 2.57. The fourth-order valence-corrected chi connectivity index (χ4v) is 14.1. The average Bonchev–Trinajstić information content (AvgIpc) is 1.57. The summed E-state index contributed by atoms with van der Waals surface area (Å²) in [4.78, 5) is 0. The lowest BCUT2D eigenvalue weighted by Gasteiger charge is -2.33. The van der Waals surface area contributed by atoms with Gasteiger partial charge in [0.1, 0.15) is 0 Å². The smallest absolute Gasteiger partial charge is 0.0713 e. The van der Waals surface area contributed by atoms with E-state index in [4.69, 9.17) is 0 Å². The number of nitrogens with zero attached hydrogens (tertiary/aromatic N) is 1. The second kappa shape index (κ2) is 27.5. The van der Waals surface area contributed by atoms with Crippen LogP contribution in [0.1, 0.15) is 44.5 Å². The maximum atomic E-state index is 2.32. The third-order valence-corrected chi connectivity index (χ3v) is 18.1. The largest absolute Gasteiger partial charge is 0.309 e. The van der Waals surface area contributed by atoms with Crippen molar-refractivity contribution in [3.05, 3.63) is 463 Å². The predicted molar refractivity (Wildman–Crippen MR) is 392 cm³/mol. The monoisotopic (exact) mass is 1190 g/mol. The van der Waals surface area contributed by atoms with Gasteiger partial charge in [0.25, 0.3) is 0 Å². The van der Waals surface area contributed by atoms with Gasteiger partial charge >= 0.3 is 0 Å². The van der Waals surface area contributed by atoms with E-state index in [1.165, 1.54) is 117 Å². The van der Waals surface area contributed by atoms with Crippen LogP contribution in [0.3, 0.4) is 0 Å². The van der Waals surface area contributed by atoms with Crippen molar-refractivity contribution < 1.29 is 0 Å². The van der Waals surface area contributed by atoms with Crippen molar-refractivity contribution in [1.29, 1.82) is 0 Å². The molecule has 0 unspecified atom stereocenters. The van der Waals surface area contributed by atoms with Crippen LogP contribution in [-0.4, -0.2) is 4.57 Å². The molecule has 442 valence electrons. The molecule has 93 heavy (non-hydrogen) atoms. The van der Waals surface area contributed by atoms with E-state index < -0.39 is 0 Å². The molecule has 0 amide bonds. The zero-order valence-electron chi connectivity index (χ0n) is 51.8. The third kappa shape index (κ3) is 11.5. The number of hydrogen-bond donors (Lipinski definition) is 0. The summed E-state index contributed by atoms with van der Waals surface area (Å²) >= 11 is 0. The number of fused-ring (bicyclic) bond motifs is 9. The molecule has 0 N–H and O–H groups in total. The van der Waals surface area contributed by atoms with E-state index in [2.05, 4.69) is 375 Å². The van der Waals surface area contributed by atoms with Gasteiger partial charge in [-0.15, -0.1) is 0 Å². The fourth-order valence-electron chi connectivity index (χ4n) is 14.1. The van der Waals surface area contributed by atoms with Crippen LogP contribution in [0, 0.1) is 0 Å². The Balaban J connectivity index is 0.000000105. The fraction of sp³-hybridized carbons (Fsp3) is 0.0217. The van der Waals surface area contributed by atoms with Gasteiger partial charge in [-0.05, 0) is 119 Å². The van der Waals surface area contributed by atoms with Crippen LogP contribution < -0.4 is 0 Å². The number of benzene rings is 15. The molecule has 0 saturated carbocycles. The molecule has 1 heterocycles. The van der Waals surface area contributed by atoms with E-state index in [1.807, 2.05) is 48.5 Å². The van der Waals surface area contributed by atoms with Crippen molar-refractivity contribution >= 4 is 21.8 Å². The Morgan fingerprint density at radius 2 is 0.398 bits per heavy atom. The number of rotatable bonds is 7. The van der Waals surface area contributed by atoms with Gasteiger partial charge in [0, 0.05) is 16.5 Å². The molecule has 0 aliphatic heterocycles. The number of para-hydroxylation sites is 3. The predicted octanol–water partition coefficient (Wildman–Crippen LogP) is 23.6. The SMILES string of the molecule is c1ccc(-c2cccc(-c3ccccc3)c2)cc1.c1ccc(-n2c3ccccc3c3ccccc32)cc1.c1ccc(C2(c3ccccc3)c3ccccc3-c3ccccc32)cc1.c1ccc(C2(c3ccccc3)c3ccccc3-c3ccccc32)cc1.c1ccccc1. The molecule has 1 nitrogen and oxygen atoms in total. The molecule has 2 aliphatic rings. The van der Waals surface area contributed by atoms with E-state index >= 15 is 0 Å². The second-order valence-electron chi connectivity index (χ2n) is 23.3. The quantitative estimate of drug-likeness (QED) is 0.150. The maximum absolute atomic E-state index is 2.32. The van der Waals surface area contributed by atoms with Gasteiger partial charge in [-0.25, -0.2) is 0 Å². The zero-order chi connectivity index (χ0) is 62.5. The van der Waals surface area contributed by atoms with Gasteiger partial charge in [0.15, 0.2) is 0 Å². The average molecular weight is 1190 g/mol. The molecule has 2 aliphatic carbocycles. The van der Waals surface area contributed by atoms with E-state index in [0.29, 0.717) is 0 Å². The Hall–Kier alpha value is -11.9. The lowest BCUT2D eigenvalue weighted by Crippen LogP contribution is -2.28. The van der Waals surface area contributed by atoms with Crippen LogP contribution in [0.25, 0.3) is 72.0 Å². The normalized spacial score (nSPS) is 12.3. The first kappa shape index (κ1) is 58.8.